The fraction of sp³-hybridized carbons (Fsp3) is 0.320. The maximum Gasteiger partial charge on any atom is 0.216 e. The Morgan fingerprint density at radius 3 is 2.73 bits per heavy atom. The third-order valence-corrected chi connectivity index (χ3v) is 6.42. The molecule has 0 amide bonds. The Morgan fingerprint density at radius 1 is 1.03 bits per heavy atom. The van der Waals surface area contributed by atoms with Crippen LogP contribution in [-0.4, -0.2) is 64.1 Å². The van der Waals surface area contributed by atoms with Crippen molar-refractivity contribution in [1.82, 2.24) is 24.3 Å². The largest absolute Gasteiger partial charge is 0.477 e. The van der Waals surface area contributed by atoms with E-state index < -0.39 is 0 Å². The molecule has 5 heterocycles. The van der Waals surface area contributed by atoms with E-state index in [2.05, 4.69) is 62.5 Å². The summed E-state index contributed by atoms with van der Waals surface area (Å²) in [5.74, 6) is 1.46. The van der Waals surface area contributed by atoms with Crippen LogP contribution in [0.2, 0.25) is 0 Å². The van der Waals surface area contributed by atoms with E-state index >= 15 is 0 Å². The van der Waals surface area contributed by atoms with Gasteiger partial charge in [-0.05, 0) is 50.2 Å². The number of ether oxygens (including phenoxy) is 1. The average molecular weight is 442 g/mol. The zero-order valence-corrected chi connectivity index (χ0v) is 18.7. The summed E-state index contributed by atoms with van der Waals surface area (Å²) in [6, 6.07) is 10.7. The van der Waals surface area contributed by atoms with Gasteiger partial charge in [0.25, 0.3) is 0 Å². The Bertz CT molecular complexity index is 1280. The molecule has 1 aromatic carbocycles. The van der Waals surface area contributed by atoms with E-state index in [1.165, 1.54) is 5.69 Å². The van der Waals surface area contributed by atoms with Gasteiger partial charge < -0.3 is 24.3 Å². The molecule has 2 aliphatic rings. The average Bonchev–Trinajstić information content (AvgIpc) is 3.34. The summed E-state index contributed by atoms with van der Waals surface area (Å²) in [7, 11) is 2.18. The predicted molar refractivity (Wildman–Crippen MR) is 129 cm³/mol. The lowest BCUT2D eigenvalue weighted by molar-refractivity contribution is 0.276. The lowest BCUT2D eigenvalue weighted by Crippen LogP contribution is -2.44. The number of likely N-dealkylation sites (N-methyl/N-ethyl adjacent to an activating group) is 1. The van der Waals surface area contributed by atoms with Gasteiger partial charge in [0.15, 0.2) is 11.5 Å². The van der Waals surface area contributed by atoms with E-state index in [-0.39, 0.29) is 0 Å². The molecule has 8 nitrogen and oxygen atoms in total. The summed E-state index contributed by atoms with van der Waals surface area (Å²) < 4.78 is 7.67. The normalized spacial score (nSPS) is 16.5. The minimum absolute atomic E-state index is 0.721. The van der Waals surface area contributed by atoms with Gasteiger partial charge in [-0.1, -0.05) is 0 Å². The molecule has 0 radical (unpaired) electrons. The Morgan fingerprint density at radius 2 is 1.88 bits per heavy atom. The molecule has 33 heavy (non-hydrogen) atoms. The first kappa shape index (κ1) is 20.0. The molecule has 6 rings (SSSR count). The molecule has 0 atom stereocenters. The van der Waals surface area contributed by atoms with Crippen LogP contribution in [0.4, 0.5) is 17.2 Å². The van der Waals surface area contributed by atoms with E-state index in [9.17, 15) is 0 Å². The number of hydrogen-bond acceptors (Lipinski definition) is 7. The molecule has 1 N–H and O–H groups in total. The highest BCUT2D eigenvalue weighted by molar-refractivity contribution is 5.74. The van der Waals surface area contributed by atoms with Crippen molar-refractivity contribution in [3.63, 3.8) is 0 Å². The summed E-state index contributed by atoms with van der Waals surface area (Å²) >= 11 is 0. The van der Waals surface area contributed by atoms with Gasteiger partial charge in [-0.2, -0.15) is 0 Å². The highest BCUT2D eigenvalue weighted by Crippen LogP contribution is 2.29. The molecule has 168 valence electrons. The predicted octanol–water partition coefficient (Wildman–Crippen LogP) is 3.61. The first-order chi connectivity index (χ1) is 16.2. The van der Waals surface area contributed by atoms with Crippen LogP contribution in [0, 0.1) is 0 Å². The zero-order valence-electron chi connectivity index (χ0n) is 18.7. The second kappa shape index (κ2) is 8.37. The van der Waals surface area contributed by atoms with Gasteiger partial charge >= 0.3 is 0 Å². The van der Waals surface area contributed by atoms with Crippen molar-refractivity contribution in [3.8, 4) is 17.1 Å². The Balaban J connectivity index is 1.29. The topological polar surface area (TPSA) is 70.8 Å². The molecule has 8 heteroatoms. The smallest absolute Gasteiger partial charge is 0.216 e. The van der Waals surface area contributed by atoms with E-state index in [1.807, 2.05) is 23.0 Å². The number of piperazine rings is 1. The second-order valence-corrected chi connectivity index (χ2v) is 8.74. The highest BCUT2D eigenvalue weighted by atomic mass is 16.5. The van der Waals surface area contributed by atoms with Crippen LogP contribution in [0.3, 0.4) is 0 Å². The monoisotopic (exact) mass is 441 g/mol. The van der Waals surface area contributed by atoms with Crippen LogP contribution >= 0.6 is 0 Å². The number of nitrogens with one attached hydrogen (secondary N) is 1. The fourth-order valence-electron chi connectivity index (χ4n) is 4.49. The standard InChI is InChI=1S/C25H27N7O/c1-30-10-12-31(13-11-30)21-6-4-20(5-7-21)28-23-24-26-8-9-32(24)17-22(29-23)19-15-18-3-2-14-33-25(18)27-16-19/h4-9,15-17H,2-3,10-14H2,1H3,(H,28,29). The van der Waals surface area contributed by atoms with E-state index in [1.54, 1.807) is 6.20 Å². The Hall–Kier alpha value is -3.65. The molecule has 1 saturated heterocycles. The van der Waals surface area contributed by atoms with Crippen LogP contribution < -0.4 is 15.0 Å². The summed E-state index contributed by atoms with van der Waals surface area (Å²) in [6.07, 6.45) is 9.57. The van der Waals surface area contributed by atoms with Gasteiger partial charge in [0.05, 0.1) is 12.3 Å². The number of rotatable bonds is 4. The van der Waals surface area contributed by atoms with Crippen molar-refractivity contribution in [2.24, 2.45) is 0 Å². The van der Waals surface area contributed by atoms with Crippen LogP contribution in [0.25, 0.3) is 16.9 Å². The van der Waals surface area contributed by atoms with Crippen molar-refractivity contribution in [2.75, 3.05) is 50.1 Å². The number of benzene rings is 1. The quantitative estimate of drug-likeness (QED) is 0.519. The molecule has 0 saturated carbocycles. The summed E-state index contributed by atoms with van der Waals surface area (Å²) in [4.78, 5) is 18.7. The van der Waals surface area contributed by atoms with Gasteiger partial charge in [0, 0.05) is 73.5 Å². The maximum atomic E-state index is 5.67. The SMILES string of the molecule is CN1CCN(c2ccc(Nc3nc(-c4cnc5c(c4)CCCO5)cn4ccnc34)cc2)CC1. The number of fused-ring (bicyclic) bond motifs is 2. The Labute approximate surface area is 192 Å². The van der Waals surface area contributed by atoms with E-state index in [4.69, 9.17) is 9.72 Å². The molecule has 4 aromatic rings. The summed E-state index contributed by atoms with van der Waals surface area (Å²) in [5.41, 5.74) is 5.99. The molecular weight excluding hydrogens is 414 g/mol. The van der Waals surface area contributed by atoms with Gasteiger partial charge in [-0.25, -0.2) is 15.0 Å². The van der Waals surface area contributed by atoms with Gasteiger partial charge in [-0.15, -0.1) is 0 Å². The first-order valence-corrected chi connectivity index (χ1v) is 11.5. The molecule has 0 spiro atoms. The zero-order chi connectivity index (χ0) is 22.2. The molecule has 0 aliphatic carbocycles. The van der Waals surface area contributed by atoms with Crippen molar-refractivity contribution in [1.29, 1.82) is 0 Å². The lowest BCUT2D eigenvalue weighted by atomic mass is 10.1. The number of nitrogens with zero attached hydrogens (tertiary/aromatic N) is 6. The number of anilines is 3. The summed E-state index contributed by atoms with van der Waals surface area (Å²) in [6.45, 7) is 5.04. The van der Waals surface area contributed by atoms with Gasteiger partial charge in [0.1, 0.15) is 0 Å². The molecule has 0 unspecified atom stereocenters. The minimum Gasteiger partial charge on any atom is -0.477 e. The van der Waals surface area contributed by atoms with Crippen molar-refractivity contribution >= 4 is 22.8 Å². The maximum absolute atomic E-state index is 5.67. The number of aryl methyl sites for hydroxylation is 1. The molecule has 2 aliphatic heterocycles. The van der Waals surface area contributed by atoms with Crippen LogP contribution in [-0.2, 0) is 6.42 Å². The van der Waals surface area contributed by atoms with Crippen LogP contribution in [0.1, 0.15) is 12.0 Å². The van der Waals surface area contributed by atoms with Crippen LogP contribution in [0.5, 0.6) is 5.88 Å². The fourth-order valence-corrected chi connectivity index (χ4v) is 4.49. The molecular formula is C25H27N7O. The number of pyridine rings is 1. The van der Waals surface area contributed by atoms with Crippen molar-refractivity contribution in [2.45, 2.75) is 12.8 Å². The Kier molecular flexibility index (Phi) is 5.07. The number of imidazole rings is 1. The number of aromatic nitrogens is 4. The highest BCUT2D eigenvalue weighted by Gasteiger charge is 2.16. The van der Waals surface area contributed by atoms with E-state index in [0.29, 0.717) is 0 Å². The second-order valence-electron chi connectivity index (χ2n) is 8.74. The first-order valence-electron chi connectivity index (χ1n) is 11.5. The summed E-state index contributed by atoms with van der Waals surface area (Å²) in [5, 5.41) is 3.48. The van der Waals surface area contributed by atoms with Gasteiger partial charge in [0.2, 0.25) is 5.88 Å². The van der Waals surface area contributed by atoms with Crippen molar-refractivity contribution < 1.29 is 4.74 Å². The molecule has 3 aromatic heterocycles. The third-order valence-electron chi connectivity index (χ3n) is 6.42. The van der Waals surface area contributed by atoms with E-state index in [0.717, 1.165) is 85.5 Å². The number of hydrogen-bond donors (Lipinski definition) is 1. The lowest BCUT2D eigenvalue weighted by Gasteiger charge is -2.34. The van der Waals surface area contributed by atoms with Crippen LogP contribution in [0.15, 0.2) is 55.1 Å². The van der Waals surface area contributed by atoms with Crippen molar-refractivity contribution in [3.05, 3.63) is 60.7 Å². The molecule has 0 bridgehead atoms. The van der Waals surface area contributed by atoms with Gasteiger partial charge in [-0.3, -0.25) is 0 Å². The third kappa shape index (κ3) is 3.98. The minimum atomic E-state index is 0.721. The molecule has 1 fully saturated rings.